The molecule has 0 aromatic rings. The molecule has 10 heteroatoms. The molecule has 1 fully saturated rings. The van der Waals surface area contributed by atoms with Crippen molar-refractivity contribution in [3.8, 4) is 0 Å². The van der Waals surface area contributed by atoms with E-state index in [1.165, 1.54) is 19.9 Å². The number of carbonyl (C=O) groups is 4. The van der Waals surface area contributed by atoms with Gasteiger partial charge in [0.15, 0.2) is 24.6 Å². The first-order chi connectivity index (χ1) is 12.6. The van der Waals surface area contributed by atoms with Crippen LogP contribution in [0, 0.1) is 0 Å². The standard InChI is InChI=1S/C17H24O10/c1-6-7-22-17-16(26-12(5)21)15(25-11(4)20)14(27-17)13(24-10(3)19)8-23-9(2)18/h6,13-17H,1,7-8H2,2-5H3/t13-,14+,15+,16-,17+/m1/s1. The molecule has 152 valence electrons. The van der Waals surface area contributed by atoms with Crippen LogP contribution >= 0.6 is 0 Å². The average molecular weight is 388 g/mol. The zero-order valence-electron chi connectivity index (χ0n) is 15.7. The van der Waals surface area contributed by atoms with Crippen LogP contribution < -0.4 is 0 Å². The Morgan fingerprint density at radius 2 is 1.56 bits per heavy atom. The molecule has 0 aromatic carbocycles. The summed E-state index contributed by atoms with van der Waals surface area (Å²) in [6, 6.07) is 0. The van der Waals surface area contributed by atoms with Crippen LogP contribution in [0.5, 0.6) is 0 Å². The Bertz CT molecular complexity index is 572. The van der Waals surface area contributed by atoms with Crippen LogP contribution in [-0.2, 0) is 47.6 Å². The summed E-state index contributed by atoms with van der Waals surface area (Å²) >= 11 is 0. The first-order valence-electron chi connectivity index (χ1n) is 8.18. The van der Waals surface area contributed by atoms with E-state index >= 15 is 0 Å². The monoisotopic (exact) mass is 388 g/mol. The van der Waals surface area contributed by atoms with E-state index in [9.17, 15) is 19.2 Å². The molecule has 0 unspecified atom stereocenters. The summed E-state index contributed by atoms with van der Waals surface area (Å²) in [7, 11) is 0. The smallest absolute Gasteiger partial charge is 0.303 e. The van der Waals surface area contributed by atoms with E-state index in [2.05, 4.69) is 6.58 Å². The maximum Gasteiger partial charge on any atom is 0.303 e. The number of hydrogen-bond donors (Lipinski definition) is 0. The third-order valence-electron chi connectivity index (χ3n) is 3.32. The van der Waals surface area contributed by atoms with Gasteiger partial charge in [0.05, 0.1) is 6.61 Å². The first kappa shape index (κ1) is 22.6. The molecule has 0 spiro atoms. The molecule has 0 saturated carbocycles. The van der Waals surface area contributed by atoms with E-state index in [1.54, 1.807) is 0 Å². The van der Waals surface area contributed by atoms with E-state index in [1.807, 2.05) is 0 Å². The lowest BCUT2D eigenvalue weighted by atomic mass is 10.1. The molecule has 0 N–H and O–H groups in total. The summed E-state index contributed by atoms with van der Waals surface area (Å²) in [5.74, 6) is -2.61. The summed E-state index contributed by atoms with van der Waals surface area (Å²) < 4.78 is 31.6. The zero-order chi connectivity index (χ0) is 20.6. The molecule has 0 aliphatic carbocycles. The van der Waals surface area contributed by atoms with Gasteiger partial charge in [0.25, 0.3) is 0 Å². The maximum atomic E-state index is 11.5. The number of esters is 4. The highest BCUT2D eigenvalue weighted by Gasteiger charge is 2.53. The van der Waals surface area contributed by atoms with Crippen LogP contribution in [0.2, 0.25) is 0 Å². The summed E-state index contributed by atoms with van der Waals surface area (Å²) in [6.45, 7) is 7.90. The normalized spacial score (nSPS) is 25.2. The predicted molar refractivity (Wildman–Crippen MR) is 88.1 cm³/mol. The van der Waals surface area contributed by atoms with Crippen LogP contribution in [0.4, 0.5) is 0 Å². The molecule has 0 amide bonds. The van der Waals surface area contributed by atoms with Crippen molar-refractivity contribution in [3.63, 3.8) is 0 Å². The van der Waals surface area contributed by atoms with E-state index in [0.717, 1.165) is 13.8 Å². The predicted octanol–water partition coefficient (Wildman–Crippen LogP) is 0.272. The highest BCUT2D eigenvalue weighted by atomic mass is 16.7. The Morgan fingerprint density at radius 1 is 0.963 bits per heavy atom. The summed E-state index contributed by atoms with van der Waals surface area (Å²) in [5.41, 5.74) is 0. The van der Waals surface area contributed by atoms with E-state index in [0.29, 0.717) is 0 Å². The minimum Gasteiger partial charge on any atom is -0.462 e. The van der Waals surface area contributed by atoms with Gasteiger partial charge in [0.2, 0.25) is 0 Å². The quantitative estimate of drug-likeness (QED) is 0.309. The molecule has 0 aromatic heterocycles. The van der Waals surface area contributed by atoms with Gasteiger partial charge < -0.3 is 28.4 Å². The van der Waals surface area contributed by atoms with Crippen molar-refractivity contribution in [2.24, 2.45) is 0 Å². The third kappa shape index (κ3) is 7.35. The number of ether oxygens (including phenoxy) is 6. The van der Waals surface area contributed by atoms with Gasteiger partial charge in [0, 0.05) is 27.7 Å². The molecule has 10 nitrogen and oxygen atoms in total. The number of hydrogen-bond acceptors (Lipinski definition) is 10. The molecule has 27 heavy (non-hydrogen) atoms. The fourth-order valence-corrected chi connectivity index (χ4v) is 2.50. The molecule has 0 radical (unpaired) electrons. The number of rotatable bonds is 9. The van der Waals surface area contributed by atoms with Crippen molar-refractivity contribution in [2.45, 2.75) is 58.4 Å². The van der Waals surface area contributed by atoms with Crippen molar-refractivity contribution in [1.29, 1.82) is 0 Å². The molecule has 1 aliphatic heterocycles. The molecule has 1 heterocycles. The molecule has 1 saturated heterocycles. The fraction of sp³-hybridized carbons (Fsp3) is 0.647. The lowest BCUT2D eigenvalue weighted by Crippen LogP contribution is -2.46. The minimum absolute atomic E-state index is 0.0596. The van der Waals surface area contributed by atoms with Crippen LogP contribution in [0.15, 0.2) is 12.7 Å². The van der Waals surface area contributed by atoms with Gasteiger partial charge in [-0.15, -0.1) is 6.58 Å². The van der Waals surface area contributed by atoms with Gasteiger partial charge in [0.1, 0.15) is 12.7 Å². The number of carbonyl (C=O) groups excluding carboxylic acids is 4. The van der Waals surface area contributed by atoms with E-state index in [4.69, 9.17) is 28.4 Å². The Kier molecular flexibility index (Phi) is 8.89. The SMILES string of the molecule is C=CCO[C@H]1O[C@@H]([C@@H](COC(C)=O)OC(C)=O)[C@H](OC(C)=O)[C@H]1OC(C)=O. The topological polar surface area (TPSA) is 124 Å². The molecule has 1 aliphatic rings. The Morgan fingerprint density at radius 3 is 2.04 bits per heavy atom. The van der Waals surface area contributed by atoms with Gasteiger partial charge in [-0.2, -0.15) is 0 Å². The second-order valence-electron chi connectivity index (χ2n) is 5.69. The second-order valence-corrected chi connectivity index (χ2v) is 5.69. The van der Waals surface area contributed by atoms with E-state index in [-0.39, 0.29) is 13.2 Å². The molecule has 5 atom stereocenters. The Hall–Kier alpha value is -2.46. The van der Waals surface area contributed by atoms with E-state index < -0.39 is 54.6 Å². The first-order valence-corrected chi connectivity index (χ1v) is 8.18. The highest BCUT2D eigenvalue weighted by Crippen LogP contribution is 2.31. The summed E-state index contributed by atoms with van der Waals surface area (Å²) in [6.07, 6.45) is -4.16. The third-order valence-corrected chi connectivity index (χ3v) is 3.32. The van der Waals surface area contributed by atoms with Crippen molar-refractivity contribution in [3.05, 3.63) is 12.7 Å². The van der Waals surface area contributed by atoms with Gasteiger partial charge in [-0.25, -0.2) is 0 Å². The largest absolute Gasteiger partial charge is 0.462 e. The molecule has 0 bridgehead atoms. The van der Waals surface area contributed by atoms with Gasteiger partial charge >= 0.3 is 23.9 Å². The van der Waals surface area contributed by atoms with Crippen molar-refractivity contribution >= 4 is 23.9 Å². The maximum absolute atomic E-state index is 11.5. The van der Waals surface area contributed by atoms with Crippen LogP contribution in [0.3, 0.4) is 0 Å². The van der Waals surface area contributed by atoms with Crippen molar-refractivity contribution in [1.82, 2.24) is 0 Å². The highest BCUT2D eigenvalue weighted by molar-refractivity contribution is 5.68. The minimum atomic E-state index is -1.15. The van der Waals surface area contributed by atoms with Crippen LogP contribution in [0.1, 0.15) is 27.7 Å². The molecule has 1 rings (SSSR count). The van der Waals surface area contributed by atoms with Gasteiger partial charge in [-0.3, -0.25) is 19.2 Å². The van der Waals surface area contributed by atoms with Gasteiger partial charge in [-0.05, 0) is 0 Å². The van der Waals surface area contributed by atoms with Crippen molar-refractivity contribution in [2.75, 3.05) is 13.2 Å². The Labute approximate surface area is 156 Å². The summed E-state index contributed by atoms with van der Waals surface area (Å²) in [5, 5.41) is 0. The second kappa shape index (κ2) is 10.6. The average Bonchev–Trinajstić information content (AvgIpc) is 2.85. The van der Waals surface area contributed by atoms with Crippen molar-refractivity contribution < 1.29 is 47.6 Å². The fourth-order valence-electron chi connectivity index (χ4n) is 2.50. The zero-order valence-corrected chi connectivity index (χ0v) is 15.7. The lowest BCUT2D eigenvalue weighted by molar-refractivity contribution is -0.196. The summed E-state index contributed by atoms with van der Waals surface area (Å²) in [4.78, 5) is 45.6. The van der Waals surface area contributed by atoms with Crippen LogP contribution in [0.25, 0.3) is 0 Å². The molecular formula is C17H24O10. The van der Waals surface area contributed by atoms with Crippen LogP contribution in [-0.4, -0.2) is 67.8 Å². The van der Waals surface area contributed by atoms with Gasteiger partial charge in [-0.1, -0.05) is 6.08 Å². The molecular weight excluding hydrogens is 364 g/mol. The Balaban J connectivity index is 3.16. The lowest BCUT2D eigenvalue weighted by Gasteiger charge is -2.27.